The quantitative estimate of drug-likeness (QED) is 0.794. The Morgan fingerprint density at radius 3 is 2.61 bits per heavy atom. The molecule has 0 bridgehead atoms. The number of piperidine rings is 1. The third-order valence-corrected chi connectivity index (χ3v) is 6.27. The molecule has 0 spiro atoms. The number of halogens is 1. The average Bonchev–Trinajstić information content (AvgIpc) is 2.55. The molecule has 1 N–H and O–H groups in total. The van der Waals surface area contributed by atoms with Crippen molar-refractivity contribution in [2.24, 2.45) is 0 Å². The Morgan fingerprint density at radius 1 is 1.30 bits per heavy atom. The number of anilines is 1. The van der Waals surface area contributed by atoms with Gasteiger partial charge < -0.3 is 5.32 Å². The molecular weight excluding hydrogens is 336 g/mol. The van der Waals surface area contributed by atoms with E-state index in [0.717, 1.165) is 25.7 Å². The van der Waals surface area contributed by atoms with E-state index in [1.807, 2.05) is 6.92 Å². The van der Waals surface area contributed by atoms with Crippen LogP contribution in [0.4, 0.5) is 5.69 Å². The predicted octanol–water partition coefficient (Wildman–Crippen LogP) is 3.21. The highest BCUT2D eigenvalue weighted by Crippen LogP contribution is 2.27. The van der Waals surface area contributed by atoms with Crippen molar-refractivity contribution in [1.29, 1.82) is 0 Å². The molecule has 1 aliphatic heterocycles. The van der Waals surface area contributed by atoms with Gasteiger partial charge >= 0.3 is 0 Å². The van der Waals surface area contributed by atoms with Crippen molar-refractivity contribution in [2.45, 2.75) is 50.0 Å². The van der Waals surface area contributed by atoms with E-state index in [2.05, 4.69) is 5.32 Å². The lowest BCUT2D eigenvalue weighted by molar-refractivity contribution is -0.115. The van der Waals surface area contributed by atoms with Gasteiger partial charge in [0.05, 0.1) is 4.90 Å². The van der Waals surface area contributed by atoms with Crippen molar-refractivity contribution < 1.29 is 13.2 Å². The molecule has 7 heteroatoms. The first-order valence-electron chi connectivity index (χ1n) is 7.96. The van der Waals surface area contributed by atoms with Crippen LogP contribution in [-0.2, 0) is 14.8 Å². The van der Waals surface area contributed by atoms with Crippen LogP contribution in [-0.4, -0.2) is 37.1 Å². The summed E-state index contributed by atoms with van der Waals surface area (Å²) in [4.78, 5) is 11.8. The maximum absolute atomic E-state index is 12.8. The van der Waals surface area contributed by atoms with Gasteiger partial charge in [0.2, 0.25) is 15.9 Å². The van der Waals surface area contributed by atoms with Gasteiger partial charge in [0.15, 0.2) is 0 Å². The standard InChI is InChI=1S/C16H23ClN2O3S/c1-2-14-5-3-4-12-19(14)23(21,22)15-8-6-13(7-9-15)18-16(20)10-11-17/h6-9,14H,2-5,10-12H2,1H3,(H,18,20)/t14-/m0/s1. The van der Waals surface area contributed by atoms with Crippen LogP contribution in [0.25, 0.3) is 0 Å². The Kier molecular flexibility index (Phi) is 6.44. The van der Waals surface area contributed by atoms with E-state index in [1.165, 1.54) is 0 Å². The van der Waals surface area contributed by atoms with Crippen molar-refractivity contribution in [3.63, 3.8) is 0 Å². The molecule has 1 atom stereocenters. The number of benzene rings is 1. The highest BCUT2D eigenvalue weighted by molar-refractivity contribution is 7.89. The molecule has 0 aliphatic carbocycles. The summed E-state index contributed by atoms with van der Waals surface area (Å²) in [5, 5.41) is 2.69. The molecular formula is C16H23ClN2O3S. The van der Waals surface area contributed by atoms with Crippen molar-refractivity contribution in [2.75, 3.05) is 17.7 Å². The number of carbonyl (C=O) groups is 1. The zero-order chi connectivity index (χ0) is 16.9. The molecule has 0 saturated carbocycles. The van der Waals surface area contributed by atoms with Gasteiger partial charge in [-0.25, -0.2) is 8.42 Å². The van der Waals surface area contributed by atoms with Gasteiger partial charge in [0.25, 0.3) is 0 Å². The van der Waals surface area contributed by atoms with Crippen molar-refractivity contribution >= 4 is 33.2 Å². The first kappa shape index (κ1) is 18.2. The lowest BCUT2D eigenvalue weighted by Crippen LogP contribution is -2.43. The highest BCUT2D eigenvalue weighted by atomic mass is 35.5. The van der Waals surface area contributed by atoms with Gasteiger partial charge in [-0.3, -0.25) is 4.79 Å². The fraction of sp³-hybridized carbons (Fsp3) is 0.562. The molecule has 128 valence electrons. The molecule has 1 heterocycles. The second-order valence-electron chi connectivity index (χ2n) is 5.69. The first-order chi connectivity index (χ1) is 11.0. The Hall–Kier alpha value is -1.11. The Labute approximate surface area is 143 Å². The lowest BCUT2D eigenvalue weighted by Gasteiger charge is -2.34. The van der Waals surface area contributed by atoms with Crippen molar-refractivity contribution in [3.8, 4) is 0 Å². The van der Waals surface area contributed by atoms with Crippen molar-refractivity contribution in [3.05, 3.63) is 24.3 Å². The lowest BCUT2D eigenvalue weighted by atomic mass is 10.0. The second-order valence-corrected chi connectivity index (χ2v) is 7.95. The molecule has 1 saturated heterocycles. The number of amides is 1. The Balaban J connectivity index is 2.15. The Bertz CT molecular complexity index is 631. The summed E-state index contributed by atoms with van der Waals surface area (Å²) >= 11 is 5.52. The van der Waals surface area contributed by atoms with E-state index in [4.69, 9.17) is 11.6 Å². The van der Waals surface area contributed by atoms with Crippen LogP contribution in [0.2, 0.25) is 0 Å². The number of nitrogens with one attached hydrogen (secondary N) is 1. The summed E-state index contributed by atoms with van der Waals surface area (Å²) in [5.41, 5.74) is 0.574. The van der Waals surface area contributed by atoms with Crippen LogP contribution in [0.1, 0.15) is 39.0 Å². The van der Waals surface area contributed by atoms with E-state index in [-0.39, 0.29) is 29.1 Å². The number of carbonyl (C=O) groups excluding carboxylic acids is 1. The number of rotatable bonds is 6. The normalized spacial score (nSPS) is 19.5. The van der Waals surface area contributed by atoms with Crippen LogP contribution in [0.5, 0.6) is 0 Å². The minimum atomic E-state index is -3.48. The summed E-state index contributed by atoms with van der Waals surface area (Å²) in [5.74, 6) is 0.0729. The molecule has 1 aromatic rings. The average molecular weight is 359 g/mol. The minimum Gasteiger partial charge on any atom is -0.326 e. The number of sulfonamides is 1. The van der Waals surface area contributed by atoms with Crippen LogP contribution in [0.15, 0.2) is 29.2 Å². The predicted molar refractivity (Wildman–Crippen MR) is 92.2 cm³/mol. The van der Waals surface area contributed by atoms with Gasteiger partial charge in [-0.2, -0.15) is 4.31 Å². The van der Waals surface area contributed by atoms with Crippen LogP contribution >= 0.6 is 11.6 Å². The molecule has 0 aromatic heterocycles. The molecule has 0 radical (unpaired) electrons. The maximum atomic E-state index is 12.8. The smallest absolute Gasteiger partial charge is 0.243 e. The fourth-order valence-corrected chi connectivity index (χ4v) is 4.79. The molecule has 2 rings (SSSR count). The first-order valence-corrected chi connectivity index (χ1v) is 9.94. The SMILES string of the molecule is CC[C@H]1CCCCN1S(=O)(=O)c1ccc(NC(=O)CCCl)cc1. The molecule has 1 aliphatic rings. The van der Waals surface area contributed by atoms with Crippen LogP contribution in [0, 0.1) is 0 Å². The van der Waals surface area contributed by atoms with Crippen LogP contribution < -0.4 is 5.32 Å². The molecule has 23 heavy (non-hydrogen) atoms. The number of hydrogen-bond donors (Lipinski definition) is 1. The van der Waals surface area contributed by atoms with Gasteiger partial charge in [0.1, 0.15) is 0 Å². The summed E-state index contributed by atoms with van der Waals surface area (Å²) in [6.45, 7) is 2.60. The van der Waals surface area contributed by atoms with Gasteiger partial charge in [-0.1, -0.05) is 13.3 Å². The molecule has 1 amide bonds. The minimum absolute atomic E-state index is 0.0804. The van der Waals surface area contributed by atoms with E-state index < -0.39 is 10.0 Å². The third-order valence-electron chi connectivity index (χ3n) is 4.11. The molecule has 5 nitrogen and oxygen atoms in total. The van der Waals surface area contributed by atoms with Gasteiger partial charge in [-0.15, -0.1) is 11.6 Å². The van der Waals surface area contributed by atoms with Gasteiger partial charge in [0, 0.05) is 30.6 Å². The summed E-state index contributed by atoms with van der Waals surface area (Å²) in [7, 11) is -3.48. The molecule has 1 aromatic carbocycles. The molecule has 1 fully saturated rings. The number of alkyl halides is 1. The topological polar surface area (TPSA) is 66.5 Å². The van der Waals surface area contributed by atoms with E-state index in [1.54, 1.807) is 28.6 Å². The second kappa shape index (κ2) is 8.13. The third kappa shape index (κ3) is 4.46. The van der Waals surface area contributed by atoms with E-state index in [0.29, 0.717) is 12.2 Å². The largest absolute Gasteiger partial charge is 0.326 e. The number of nitrogens with zero attached hydrogens (tertiary/aromatic N) is 1. The maximum Gasteiger partial charge on any atom is 0.243 e. The highest BCUT2D eigenvalue weighted by Gasteiger charge is 2.32. The monoisotopic (exact) mass is 358 g/mol. The molecule has 0 unspecified atom stereocenters. The zero-order valence-electron chi connectivity index (χ0n) is 13.3. The zero-order valence-corrected chi connectivity index (χ0v) is 14.9. The summed E-state index contributed by atoms with van der Waals surface area (Å²) in [6, 6.07) is 6.41. The van der Waals surface area contributed by atoms with E-state index in [9.17, 15) is 13.2 Å². The Morgan fingerprint density at radius 2 is 2.00 bits per heavy atom. The fourth-order valence-electron chi connectivity index (χ4n) is 2.85. The van der Waals surface area contributed by atoms with Gasteiger partial charge in [-0.05, 0) is 43.5 Å². The van der Waals surface area contributed by atoms with Crippen LogP contribution in [0.3, 0.4) is 0 Å². The summed E-state index contributed by atoms with van der Waals surface area (Å²) < 4.78 is 27.2. The van der Waals surface area contributed by atoms with Crippen molar-refractivity contribution in [1.82, 2.24) is 4.31 Å². The summed E-state index contributed by atoms with van der Waals surface area (Å²) in [6.07, 6.45) is 3.96. The number of hydrogen-bond acceptors (Lipinski definition) is 3. The van der Waals surface area contributed by atoms with E-state index >= 15 is 0 Å².